The van der Waals surface area contributed by atoms with Gasteiger partial charge in [0.15, 0.2) is 0 Å². The second-order valence-electron chi connectivity index (χ2n) is 7.20. The Kier molecular flexibility index (Phi) is 16.3. The fraction of sp³-hybridized carbons (Fsp3) is 0.286. The van der Waals surface area contributed by atoms with Crippen molar-refractivity contribution in [3.63, 3.8) is 0 Å². The van der Waals surface area contributed by atoms with E-state index in [1.54, 1.807) is 32.1 Å². The first kappa shape index (κ1) is 31.6. The van der Waals surface area contributed by atoms with Crippen LogP contribution < -0.4 is 9.47 Å². The monoisotopic (exact) mass is 503 g/mol. The lowest BCUT2D eigenvalue weighted by Crippen LogP contribution is -2.07. The van der Waals surface area contributed by atoms with Crippen LogP contribution in [0.25, 0.3) is 0 Å². The number of aryl methyl sites for hydroxylation is 1. The molecule has 0 aliphatic carbocycles. The van der Waals surface area contributed by atoms with E-state index in [9.17, 15) is 9.18 Å². The summed E-state index contributed by atoms with van der Waals surface area (Å²) in [5.41, 5.74) is 2.72. The summed E-state index contributed by atoms with van der Waals surface area (Å²) in [5.74, 6) is -0.546. The van der Waals surface area contributed by atoms with Crippen molar-refractivity contribution in [1.82, 2.24) is 0 Å². The third kappa shape index (κ3) is 13.8. The summed E-state index contributed by atoms with van der Waals surface area (Å²) < 4.78 is 22.9. The first-order chi connectivity index (χ1) is 16.6. The molecule has 2 aromatic rings. The van der Waals surface area contributed by atoms with Gasteiger partial charge in [-0.25, -0.2) is 9.18 Å². The Bertz CT molecular complexity index is 1030. The Morgan fingerprint density at radius 2 is 1.86 bits per heavy atom. The topological polar surface area (TPSA) is 79.6 Å². The predicted octanol–water partition coefficient (Wildman–Crippen LogP) is 7.94. The summed E-state index contributed by atoms with van der Waals surface area (Å²) >= 11 is 5.69. The van der Waals surface area contributed by atoms with Crippen LogP contribution in [0.3, 0.4) is 0 Å². The van der Waals surface area contributed by atoms with Gasteiger partial charge in [-0.05, 0) is 63.9 Å². The van der Waals surface area contributed by atoms with E-state index in [-0.39, 0.29) is 23.7 Å². The number of rotatable bonds is 9. The van der Waals surface area contributed by atoms with E-state index < -0.39 is 5.97 Å². The summed E-state index contributed by atoms with van der Waals surface area (Å²) in [6.07, 6.45) is 8.66. The molecule has 0 bridgehead atoms. The zero-order chi connectivity index (χ0) is 26.8. The van der Waals surface area contributed by atoms with Gasteiger partial charge in [-0.1, -0.05) is 61.0 Å². The zero-order valence-electron chi connectivity index (χ0n) is 21.0. The van der Waals surface area contributed by atoms with Crippen LogP contribution in [0.2, 0.25) is 5.02 Å². The van der Waals surface area contributed by atoms with Crippen molar-refractivity contribution in [3.8, 4) is 11.5 Å². The first-order valence-corrected chi connectivity index (χ1v) is 11.5. The van der Waals surface area contributed by atoms with Crippen LogP contribution in [0, 0.1) is 11.2 Å². The first-order valence-electron chi connectivity index (χ1n) is 11.1. The molecule has 0 spiro atoms. The number of benzene rings is 2. The maximum Gasteiger partial charge on any atom is 0.339 e. The van der Waals surface area contributed by atoms with Crippen molar-refractivity contribution in [2.45, 2.75) is 41.0 Å². The molecule has 0 aromatic heterocycles. The molecule has 5 nitrogen and oxygen atoms in total. The predicted molar refractivity (Wildman–Crippen MR) is 143 cm³/mol. The largest absolute Gasteiger partial charge is 0.493 e. The number of nitrogens with one attached hydrogen (secondary N) is 1. The van der Waals surface area contributed by atoms with E-state index in [4.69, 9.17) is 31.6 Å². The number of aromatic carboxylic acids is 1. The normalized spacial score (nSPS) is 10.4. The maximum absolute atomic E-state index is 12.4. The van der Waals surface area contributed by atoms with E-state index in [0.29, 0.717) is 23.1 Å². The zero-order valence-corrected chi connectivity index (χ0v) is 21.8. The molecule has 35 heavy (non-hydrogen) atoms. The SMILES string of the molecule is C=C/C=C(C)\C=C/C.CCOc1cc(OCC(C)=N)ccc1C(=O)O.CCc1ccc(F)cc1Cl. The average Bonchev–Trinajstić information content (AvgIpc) is 2.79. The van der Waals surface area contributed by atoms with Gasteiger partial charge in [0.25, 0.3) is 0 Å². The van der Waals surface area contributed by atoms with Crippen LogP contribution in [-0.4, -0.2) is 30.0 Å². The Labute approximate surface area is 213 Å². The molecule has 0 fully saturated rings. The smallest absolute Gasteiger partial charge is 0.339 e. The van der Waals surface area contributed by atoms with Crippen molar-refractivity contribution in [2.24, 2.45) is 0 Å². The number of carboxylic acid groups (broad SMARTS) is 1. The number of halogens is 2. The van der Waals surface area contributed by atoms with Gasteiger partial charge >= 0.3 is 5.97 Å². The van der Waals surface area contributed by atoms with Gasteiger partial charge in [0.1, 0.15) is 29.5 Å². The van der Waals surface area contributed by atoms with E-state index in [0.717, 1.165) is 12.0 Å². The van der Waals surface area contributed by atoms with Gasteiger partial charge in [-0.2, -0.15) is 0 Å². The van der Waals surface area contributed by atoms with E-state index in [1.165, 1.54) is 29.8 Å². The van der Waals surface area contributed by atoms with Crippen LogP contribution in [0.4, 0.5) is 4.39 Å². The lowest BCUT2D eigenvalue weighted by Gasteiger charge is -2.10. The number of allylic oxidation sites excluding steroid dienone is 5. The Balaban J connectivity index is 0.000000545. The second kappa shape index (κ2) is 18.0. The lowest BCUT2D eigenvalue weighted by molar-refractivity contribution is 0.0692. The van der Waals surface area contributed by atoms with E-state index in [1.807, 2.05) is 39.0 Å². The number of hydrogen-bond acceptors (Lipinski definition) is 4. The third-order valence-corrected chi connectivity index (χ3v) is 4.50. The minimum atomic E-state index is -1.04. The summed E-state index contributed by atoms with van der Waals surface area (Å²) in [7, 11) is 0. The van der Waals surface area contributed by atoms with Gasteiger partial charge in [-0.15, -0.1) is 0 Å². The molecule has 0 saturated heterocycles. The van der Waals surface area contributed by atoms with Gasteiger partial charge in [0.2, 0.25) is 0 Å². The maximum atomic E-state index is 12.4. The number of ether oxygens (including phenoxy) is 2. The molecule has 0 radical (unpaired) electrons. The summed E-state index contributed by atoms with van der Waals surface area (Å²) in [4.78, 5) is 10.9. The highest BCUT2D eigenvalue weighted by Crippen LogP contribution is 2.25. The Hall–Kier alpha value is -3.38. The summed E-state index contributed by atoms with van der Waals surface area (Å²) in [6.45, 7) is 13.6. The quantitative estimate of drug-likeness (QED) is 0.269. The fourth-order valence-corrected chi connectivity index (χ4v) is 2.85. The Morgan fingerprint density at radius 1 is 1.17 bits per heavy atom. The van der Waals surface area contributed by atoms with Crippen LogP contribution >= 0.6 is 11.6 Å². The third-order valence-electron chi connectivity index (χ3n) is 4.14. The van der Waals surface area contributed by atoms with Gasteiger partial charge in [0, 0.05) is 16.8 Å². The molecule has 0 amide bonds. The molecule has 0 aliphatic rings. The van der Waals surface area contributed by atoms with Crippen molar-refractivity contribution in [1.29, 1.82) is 5.41 Å². The molecule has 0 atom stereocenters. The summed E-state index contributed by atoms with van der Waals surface area (Å²) in [6, 6.07) is 8.97. The molecular weight excluding hydrogens is 469 g/mol. The number of carbonyl (C=O) groups is 1. The molecule has 0 heterocycles. The van der Waals surface area contributed by atoms with Crippen molar-refractivity contribution in [3.05, 3.63) is 94.8 Å². The average molecular weight is 504 g/mol. The highest BCUT2D eigenvalue weighted by Gasteiger charge is 2.12. The highest BCUT2D eigenvalue weighted by atomic mass is 35.5. The minimum Gasteiger partial charge on any atom is -0.493 e. The number of hydrogen-bond donors (Lipinski definition) is 2. The van der Waals surface area contributed by atoms with Crippen molar-refractivity contribution >= 4 is 23.3 Å². The molecule has 0 unspecified atom stereocenters. The van der Waals surface area contributed by atoms with Crippen LogP contribution in [0.5, 0.6) is 11.5 Å². The van der Waals surface area contributed by atoms with E-state index >= 15 is 0 Å². The molecule has 0 saturated carbocycles. The van der Waals surface area contributed by atoms with Gasteiger partial charge in [-0.3, -0.25) is 0 Å². The Morgan fingerprint density at radius 3 is 2.34 bits per heavy atom. The minimum absolute atomic E-state index is 0.103. The van der Waals surface area contributed by atoms with Crippen LogP contribution in [0.1, 0.15) is 50.5 Å². The molecule has 2 rings (SSSR count). The molecule has 7 heteroatoms. The van der Waals surface area contributed by atoms with Crippen LogP contribution in [0.15, 0.2) is 72.9 Å². The fourth-order valence-electron chi connectivity index (χ4n) is 2.55. The van der Waals surface area contributed by atoms with Gasteiger partial charge < -0.3 is 20.0 Å². The van der Waals surface area contributed by atoms with Crippen molar-refractivity contribution in [2.75, 3.05) is 13.2 Å². The van der Waals surface area contributed by atoms with Gasteiger partial charge in [0.05, 0.1) is 6.61 Å². The number of carboxylic acids is 1. The second-order valence-corrected chi connectivity index (χ2v) is 7.61. The van der Waals surface area contributed by atoms with Crippen LogP contribution in [-0.2, 0) is 6.42 Å². The molecule has 2 N–H and O–H groups in total. The lowest BCUT2D eigenvalue weighted by atomic mass is 10.2. The molecule has 2 aromatic carbocycles. The highest BCUT2D eigenvalue weighted by molar-refractivity contribution is 6.31. The molecule has 0 aliphatic heterocycles. The molecule has 190 valence electrons. The van der Waals surface area contributed by atoms with Crippen molar-refractivity contribution < 1.29 is 23.8 Å². The van der Waals surface area contributed by atoms with E-state index in [2.05, 4.69) is 6.58 Å². The summed E-state index contributed by atoms with van der Waals surface area (Å²) in [5, 5.41) is 16.7. The standard InChI is InChI=1S/C12H15NO4.C8H8ClF.C8H12/c1-3-16-11-6-9(17-7-8(2)13)4-5-10(11)12(14)15;1-2-6-3-4-7(10)5-8(6)9;1-4-6-8(3)7-5-2/h4-6,13H,3,7H2,1-2H3,(H,14,15);3-5H,2H2,1H3;4-7H,1H2,2-3H3/b;;7-5-,8-6-. The molecular formula is C28H35ClFNO4.